The lowest BCUT2D eigenvalue weighted by Crippen LogP contribution is -2.42. The maximum absolute atomic E-state index is 5.69. The molecule has 1 aromatic rings. The van der Waals surface area contributed by atoms with Crippen LogP contribution in [-0.2, 0) is 18.2 Å². The lowest BCUT2D eigenvalue weighted by Gasteiger charge is -2.37. The molecule has 0 aromatic carbocycles. The number of nitrogens with zero attached hydrogens (tertiary/aromatic N) is 2. The van der Waals surface area contributed by atoms with Crippen LogP contribution in [0, 0.1) is 5.41 Å². The Balaban J connectivity index is 2.03. The van der Waals surface area contributed by atoms with Gasteiger partial charge in [-0.15, -0.1) is 0 Å². The van der Waals surface area contributed by atoms with E-state index in [9.17, 15) is 0 Å². The minimum atomic E-state index is 0.261. The van der Waals surface area contributed by atoms with Gasteiger partial charge in [0.05, 0.1) is 12.8 Å². The number of hydrogen-bond acceptors (Lipinski definition) is 3. The van der Waals surface area contributed by atoms with E-state index in [1.807, 2.05) is 17.9 Å². The van der Waals surface area contributed by atoms with Crippen molar-refractivity contribution >= 4 is 0 Å². The van der Waals surface area contributed by atoms with Gasteiger partial charge in [-0.25, -0.2) is 0 Å². The van der Waals surface area contributed by atoms with E-state index in [0.29, 0.717) is 0 Å². The van der Waals surface area contributed by atoms with Gasteiger partial charge in [0.1, 0.15) is 0 Å². The predicted octanol–water partition coefficient (Wildman–Crippen LogP) is 1.37. The Hall–Kier alpha value is -0.870. The minimum absolute atomic E-state index is 0.261. The average Bonchev–Trinajstić information content (AvgIpc) is 2.73. The lowest BCUT2D eigenvalue weighted by molar-refractivity contribution is -0.00691. The highest BCUT2D eigenvalue weighted by Gasteiger charge is 2.33. The number of nitrogens with one attached hydrogen (secondary N) is 1. The predicted molar refractivity (Wildman–Crippen MR) is 67.9 cm³/mol. The van der Waals surface area contributed by atoms with Crippen LogP contribution in [0.5, 0.6) is 0 Å². The van der Waals surface area contributed by atoms with Crippen molar-refractivity contribution in [1.29, 1.82) is 0 Å². The van der Waals surface area contributed by atoms with Crippen molar-refractivity contribution in [3.8, 4) is 0 Å². The van der Waals surface area contributed by atoms with Gasteiger partial charge in [0.25, 0.3) is 0 Å². The summed E-state index contributed by atoms with van der Waals surface area (Å²) in [5.41, 5.74) is 1.58. The van der Waals surface area contributed by atoms with Crippen molar-refractivity contribution in [3.63, 3.8) is 0 Å². The van der Waals surface area contributed by atoms with E-state index in [0.717, 1.165) is 32.7 Å². The van der Waals surface area contributed by atoms with Crippen molar-refractivity contribution in [3.05, 3.63) is 18.0 Å². The van der Waals surface area contributed by atoms with Gasteiger partial charge in [0, 0.05) is 31.8 Å². The van der Waals surface area contributed by atoms with E-state index in [-0.39, 0.29) is 5.41 Å². The summed E-state index contributed by atoms with van der Waals surface area (Å²) in [4.78, 5) is 0. The number of aryl methyl sites for hydroxylation is 1. The van der Waals surface area contributed by atoms with E-state index >= 15 is 0 Å². The molecule has 1 aromatic heterocycles. The number of rotatable bonds is 5. The third kappa shape index (κ3) is 3.30. The van der Waals surface area contributed by atoms with Crippen molar-refractivity contribution in [2.24, 2.45) is 12.5 Å². The summed E-state index contributed by atoms with van der Waals surface area (Å²) in [6.07, 6.45) is 7.57. The van der Waals surface area contributed by atoms with Crippen LogP contribution < -0.4 is 5.32 Å². The fourth-order valence-corrected chi connectivity index (χ4v) is 2.64. The van der Waals surface area contributed by atoms with Crippen molar-refractivity contribution in [2.75, 3.05) is 26.3 Å². The SMILES string of the molecule is CCNCC1(Cc2cnn(C)c2)CCCOC1. The lowest BCUT2D eigenvalue weighted by atomic mass is 9.77. The Bertz CT molecular complexity index is 342. The van der Waals surface area contributed by atoms with E-state index in [1.165, 1.54) is 18.4 Å². The minimum Gasteiger partial charge on any atom is -0.381 e. The summed E-state index contributed by atoms with van der Waals surface area (Å²) >= 11 is 0. The molecule has 17 heavy (non-hydrogen) atoms. The average molecular weight is 237 g/mol. The molecular formula is C13H23N3O. The van der Waals surface area contributed by atoms with Crippen LogP contribution in [0.15, 0.2) is 12.4 Å². The standard InChI is InChI=1S/C13H23N3O/c1-3-14-10-13(5-4-6-17-11-13)7-12-8-15-16(2)9-12/h8-9,14H,3-7,10-11H2,1-2H3. The van der Waals surface area contributed by atoms with Gasteiger partial charge in [-0.1, -0.05) is 6.92 Å². The molecule has 2 rings (SSSR count). The molecular weight excluding hydrogens is 214 g/mol. The molecule has 1 aliphatic heterocycles. The van der Waals surface area contributed by atoms with Crippen molar-refractivity contribution in [1.82, 2.24) is 15.1 Å². The zero-order chi connectivity index (χ0) is 12.1. The molecule has 0 aliphatic carbocycles. The monoisotopic (exact) mass is 237 g/mol. The summed E-state index contributed by atoms with van der Waals surface area (Å²) in [5.74, 6) is 0. The highest BCUT2D eigenvalue weighted by molar-refractivity contribution is 5.08. The Kier molecular flexibility index (Phi) is 4.18. The van der Waals surface area contributed by atoms with Crippen LogP contribution in [-0.4, -0.2) is 36.1 Å². The molecule has 0 radical (unpaired) electrons. The molecule has 0 spiro atoms. The fourth-order valence-electron chi connectivity index (χ4n) is 2.64. The first kappa shape index (κ1) is 12.6. The van der Waals surface area contributed by atoms with Crippen molar-refractivity contribution in [2.45, 2.75) is 26.2 Å². The topological polar surface area (TPSA) is 39.1 Å². The number of hydrogen-bond donors (Lipinski definition) is 1. The maximum Gasteiger partial charge on any atom is 0.0537 e. The second-order valence-corrected chi connectivity index (χ2v) is 5.14. The maximum atomic E-state index is 5.69. The molecule has 0 amide bonds. The van der Waals surface area contributed by atoms with Crippen LogP contribution in [0.2, 0.25) is 0 Å². The largest absolute Gasteiger partial charge is 0.381 e. The summed E-state index contributed by atoms with van der Waals surface area (Å²) in [5, 5.41) is 7.73. The van der Waals surface area contributed by atoms with Gasteiger partial charge in [0.15, 0.2) is 0 Å². The first-order chi connectivity index (χ1) is 8.24. The highest BCUT2D eigenvalue weighted by Crippen LogP contribution is 2.31. The van der Waals surface area contributed by atoms with E-state index in [2.05, 4.69) is 23.5 Å². The molecule has 4 nitrogen and oxygen atoms in total. The quantitative estimate of drug-likeness (QED) is 0.840. The molecule has 96 valence electrons. The Morgan fingerprint density at radius 3 is 3.06 bits per heavy atom. The third-order valence-electron chi connectivity index (χ3n) is 3.49. The molecule has 1 N–H and O–H groups in total. The molecule has 1 aliphatic rings. The van der Waals surface area contributed by atoms with Gasteiger partial charge in [-0.2, -0.15) is 5.10 Å². The van der Waals surface area contributed by atoms with Crippen LogP contribution >= 0.6 is 0 Å². The number of ether oxygens (including phenoxy) is 1. The Morgan fingerprint density at radius 1 is 1.59 bits per heavy atom. The Morgan fingerprint density at radius 2 is 2.47 bits per heavy atom. The van der Waals surface area contributed by atoms with Gasteiger partial charge in [-0.3, -0.25) is 4.68 Å². The van der Waals surface area contributed by atoms with Gasteiger partial charge < -0.3 is 10.1 Å². The van der Waals surface area contributed by atoms with Gasteiger partial charge in [-0.05, 0) is 31.4 Å². The first-order valence-corrected chi connectivity index (χ1v) is 6.50. The molecule has 4 heteroatoms. The second-order valence-electron chi connectivity index (χ2n) is 5.14. The van der Waals surface area contributed by atoms with Crippen LogP contribution in [0.3, 0.4) is 0 Å². The van der Waals surface area contributed by atoms with Crippen LogP contribution in [0.4, 0.5) is 0 Å². The highest BCUT2D eigenvalue weighted by atomic mass is 16.5. The van der Waals surface area contributed by atoms with E-state index in [4.69, 9.17) is 4.74 Å². The summed E-state index contributed by atoms with van der Waals surface area (Å²) < 4.78 is 7.57. The second kappa shape index (κ2) is 5.65. The summed E-state index contributed by atoms with van der Waals surface area (Å²) in [6, 6.07) is 0. The molecule has 1 atom stereocenters. The van der Waals surface area contributed by atoms with Crippen LogP contribution in [0.25, 0.3) is 0 Å². The molecule has 0 bridgehead atoms. The van der Waals surface area contributed by atoms with Gasteiger partial charge in [0.2, 0.25) is 0 Å². The molecule has 1 saturated heterocycles. The number of aromatic nitrogens is 2. The molecule has 2 heterocycles. The van der Waals surface area contributed by atoms with Crippen molar-refractivity contribution < 1.29 is 4.74 Å². The molecule has 1 fully saturated rings. The zero-order valence-corrected chi connectivity index (χ0v) is 10.9. The molecule has 0 saturated carbocycles. The van der Waals surface area contributed by atoms with E-state index in [1.54, 1.807) is 0 Å². The van der Waals surface area contributed by atoms with Crippen LogP contribution in [0.1, 0.15) is 25.3 Å². The third-order valence-corrected chi connectivity index (χ3v) is 3.49. The molecule has 1 unspecified atom stereocenters. The smallest absolute Gasteiger partial charge is 0.0537 e. The normalized spacial score (nSPS) is 25.1. The fraction of sp³-hybridized carbons (Fsp3) is 0.769. The summed E-state index contributed by atoms with van der Waals surface area (Å²) in [6.45, 7) is 6.00. The Labute approximate surface area is 103 Å². The van der Waals surface area contributed by atoms with E-state index < -0.39 is 0 Å². The van der Waals surface area contributed by atoms with Gasteiger partial charge >= 0.3 is 0 Å². The zero-order valence-electron chi connectivity index (χ0n) is 10.9. The summed E-state index contributed by atoms with van der Waals surface area (Å²) in [7, 11) is 1.97. The first-order valence-electron chi connectivity index (χ1n) is 6.50.